The average molecular weight is 198 g/mol. The Balaban J connectivity index is 5.45. The SMILES string of the molecule is CCC(C(=O)O)=C(C(C)C)C(C)(C)C. The normalized spacial score (nSPS) is 14.2. The molecule has 0 radical (unpaired) electrons. The van der Waals surface area contributed by atoms with Crippen molar-refractivity contribution >= 4 is 5.97 Å². The predicted octanol–water partition coefficient (Wildman–Crippen LogP) is 3.48. The van der Waals surface area contributed by atoms with Gasteiger partial charge in [-0.15, -0.1) is 0 Å². The van der Waals surface area contributed by atoms with Crippen LogP contribution >= 0.6 is 0 Å². The lowest BCUT2D eigenvalue weighted by Crippen LogP contribution is -2.20. The number of hydrogen-bond acceptors (Lipinski definition) is 1. The minimum atomic E-state index is -0.772. The molecule has 0 aromatic heterocycles. The maximum Gasteiger partial charge on any atom is 0.331 e. The van der Waals surface area contributed by atoms with Gasteiger partial charge in [-0.25, -0.2) is 4.79 Å². The van der Waals surface area contributed by atoms with E-state index in [1.54, 1.807) is 0 Å². The molecule has 0 saturated carbocycles. The van der Waals surface area contributed by atoms with E-state index in [2.05, 4.69) is 34.6 Å². The number of carboxylic acid groups (broad SMARTS) is 1. The third kappa shape index (κ3) is 3.17. The molecule has 0 unspecified atom stereocenters. The van der Waals surface area contributed by atoms with Crippen LogP contribution in [0.2, 0.25) is 0 Å². The van der Waals surface area contributed by atoms with Gasteiger partial charge in [0.15, 0.2) is 0 Å². The fourth-order valence-corrected chi connectivity index (χ4v) is 2.12. The molecule has 2 heteroatoms. The molecule has 1 N–H and O–H groups in total. The largest absolute Gasteiger partial charge is 0.478 e. The first-order chi connectivity index (χ1) is 6.21. The summed E-state index contributed by atoms with van der Waals surface area (Å²) in [7, 11) is 0. The molecule has 0 aromatic rings. The van der Waals surface area contributed by atoms with Crippen molar-refractivity contribution in [3.8, 4) is 0 Å². The van der Waals surface area contributed by atoms with Crippen molar-refractivity contribution < 1.29 is 9.90 Å². The Morgan fingerprint density at radius 2 is 1.71 bits per heavy atom. The van der Waals surface area contributed by atoms with Crippen LogP contribution in [-0.4, -0.2) is 11.1 Å². The summed E-state index contributed by atoms with van der Waals surface area (Å²) in [5.41, 5.74) is 1.58. The quantitative estimate of drug-likeness (QED) is 0.705. The van der Waals surface area contributed by atoms with Crippen molar-refractivity contribution in [2.24, 2.45) is 11.3 Å². The Bertz CT molecular complexity index is 242. The standard InChI is InChI=1S/C12H22O2/c1-7-9(11(13)14)10(8(2)3)12(4,5)6/h8H,7H2,1-6H3,(H,13,14). The predicted molar refractivity (Wildman–Crippen MR) is 59.2 cm³/mol. The van der Waals surface area contributed by atoms with Gasteiger partial charge in [-0.2, -0.15) is 0 Å². The highest BCUT2D eigenvalue weighted by Gasteiger charge is 2.25. The van der Waals surface area contributed by atoms with E-state index in [9.17, 15) is 4.79 Å². The zero-order valence-electron chi connectivity index (χ0n) is 10.1. The van der Waals surface area contributed by atoms with Crippen molar-refractivity contribution in [1.82, 2.24) is 0 Å². The topological polar surface area (TPSA) is 37.3 Å². The maximum atomic E-state index is 11.1. The van der Waals surface area contributed by atoms with E-state index in [0.717, 1.165) is 5.57 Å². The molecule has 0 atom stereocenters. The van der Waals surface area contributed by atoms with Crippen LogP contribution in [0.15, 0.2) is 11.1 Å². The number of rotatable bonds is 3. The summed E-state index contributed by atoms with van der Waals surface area (Å²) in [6.07, 6.45) is 0.597. The van der Waals surface area contributed by atoms with Gasteiger partial charge in [0.25, 0.3) is 0 Å². The summed E-state index contributed by atoms with van der Waals surface area (Å²) in [4.78, 5) is 11.1. The summed E-state index contributed by atoms with van der Waals surface area (Å²) in [6, 6.07) is 0. The van der Waals surface area contributed by atoms with Crippen LogP contribution in [0.1, 0.15) is 48.0 Å². The molecule has 0 bridgehead atoms. The second-order valence-corrected chi connectivity index (χ2v) is 4.96. The smallest absolute Gasteiger partial charge is 0.331 e. The summed E-state index contributed by atoms with van der Waals surface area (Å²) in [5.74, 6) is -0.479. The molecule has 0 aromatic carbocycles. The second-order valence-electron chi connectivity index (χ2n) is 4.96. The lowest BCUT2D eigenvalue weighted by molar-refractivity contribution is -0.133. The van der Waals surface area contributed by atoms with E-state index in [1.807, 2.05) is 6.92 Å². The van der Waals surface area contributed by atoms with E-state index in [1.165, 1.54) is 0 Å². The van der Waals surface area contributed by atoms with Crippen molar-refractivity contribution in [3.05, 3.63) is 11.1 Å². The Kier molecular flexibility index (Phi) is 4.37. The highest BCUT2D eigenvalue weighted by atomic mass is 16.4. The van der Waals surface area contributed by atoms with Gasteiger partial charge in [0.05, 0.1) is 0 Å². The van der Waals surface area contributed by atoms with Gasteiger partial charge in [-0.1, -0.05) is 47.1 Å². The number of carbonyl (C=O) groups is 1. The minimum Gasteiger partial charge on any atom is -0.478 e. The molecule has 0 rings (SSSR count). The van der Waals surface area contributed by atoms with Gasteiger partial charge >= 0.3 is 5.97 Å². The van der Waals surface area contributed by atoms with Crippen LogP contribution in [0.4, 0.5) is 0 Å². The number of allylic oxidation sites excluding steroid dienone is 1. The Morgan fingerprint density at radius 3 is 1.79 bits per heavy atom. The minimum absolute atomic E-state index is 0.0576. The van der Waals surface area contributed by atoms with Crippen LogP contribution in [-0.2, 0) is 4.79 Å². The highest BCUT2D eigenvalue weighted by molar-refractivity contribution is 5.87. The van der Waals surface area contributed by atoms with Crippen LogP contribution in [0.3, 0.4) is 0 Å². The third-order valence-electron chi connectivity index (χ3n) is 2.32. The first-order valence-corrected chi connectivity index (χ1v) is 5.18. The summed E-state index contributed by atoms with van der Waals surface area (Å²) in [5, 5.41) is 9.10. The van der Waals surface area contributed by atoms with E-state index < -0.39 is 5.97 Å². The molecule has 0 aliphatic rings. The van der Waals surface area contributed by atoms with E-state index in [4.69, 9.17) is 5.11 Å². The molecule has 0 fully saturated rings. The van der Waals surface area contributed by atoms with Crippen LogP contribution in [0, 0.1) is 11.3 Å². The van der Waals surface area contributed by atoms with Gasteiger partial charge in [-0.05, 0) is 17.8 Å². The Hall–Kier alpha value is -0.790. The molecule has 0 amide bonds. The van der Waals surface area contributed by atoms with Crippen LogP contribution in [0.5, 0.6) is 0 Å². The number of aliphatic carboxylic acids is 1. The van der Waals surface area contributed by atoms with E-state index in [0.29, 0.717) is 17.9 Å². The molecule has 82 valence electrons. The van der Waals surface area contributed by atoms with Gasteiger partial charge < -0.3 is 5.11 Å². The Labute approximate surface area is 87.0 Å². The lowest BCUT2D eigenvalue weighted by atomic mass is 9.76. The number of hydrogen-bond donors (Lipinski definition) is 1. The second kappa shape index (κ2) is 4.63. The molecular formula is C12H22O2. The first-order valence-electron chi connectivity index (χ1n) is 5.18. The summed E-state index contributed by atoms with van der Waals surface area (Å²) >= 11 is 0. The van der Waals surface area contributed by atoms with Crippen molar-refractivity contribution in [2.45, 2.75) is 48.0 Å². The average Bonchev–Trinajstić information content (AvgIpc) is 1.95. The van der Waals surface area contributed by atoms with Crippen LogP contribution < -0.4 is 0 Å². The molecule has 2 nitrogen and oxygen atoms in total. The molecular weight excluding hydrogens is 176 g/mol. The fourth-order valence-electron chi connectivity index (χ4n) is 2.12. The monoisotopic (exact) mass is 198 g/mol. The van der Waals surface area contributed by atoms with Crippen molar-refractivity contribution in [2.75, 3.05) is 0 Å². The van der Waals surface area contributed by atoms with Gasteiger partial charge in [0, 0.05) is 5.57 Å². The molecule has 0 aliphatic carbocycles. The van der Waals surface area contributed by atoms with Gasteiger partial charge in [-0.3, -0.25) is 0 Å². The molecule has 0 saturated heterocycles. The zero-order valence-corrected chi connectivity index (χ0v) is 10.1. The van der Waals surface area contributed by atoms with Crippen molar-refractivity contribution in [1.29, 1.82) is 0 Å². The van der Waals surface area contributed by atoms with Crippen molar-refractivity contribution in [3.63, 3.8) is 0 Å². The Morgan fingerprint density at radius 1 is 1.29 bits per heavy atom. The molecule has 0 spiro atoms. The third-order valence-corrected chi connectivity index (χ3v) is 2.32. The van der Waals surface area contributed by atoms with Gasteiger partial charge in [0.1, 0.15) is 0 Å². The first kappa shape index (κ1) is 13.2. The summed E-state index contributed by atoms with van der Waals surface area (Å²) in [6.45, 7) is 12.2. The highest BCUT2D eigenvalue weighted by Crippen LogP contribution is 2.34. The zero-order chi connectivity index (χ0) is 11.5. The fraction of sp³-hybridized carbons (Fsp3) is 0.750. The van der Waals surface area contributed by atoms with Gasteiger partial charge in [0.2, 0.25) is 0 Å². The number of carboxylic acids is 1. The molecule has 0 heterocycles. The van der Waals surface area contributed by atoms with Crippen LogP contribution in [0.25, 0.3) is 0 Å². The lowest BCUT2D eigenvalue weighted by Gasteiger charge is -2.28. The summed E-state index contributed by atoms with van der Waals surface area (Å²) < 4.78 is 0. The molecule has 0 aliphatic heterocycles. The van der Waals surface area contributed by atoms with E-state index in [-0.39, 0.29) is 5.41 Å². The maximum absolute atomic E-state index is 11.1. The molecule has 14 heavy (non-hydrogen) atoms. The van der Waals surface area contributed by atoms with E-state index >= 15 is 0 Å².